The lowest BCUT2D eigenvalue weighted by Gasteiger charge is -2.21. The summed E-state index contributed by atoms with van der Waals surface area (Å²) in [6.45, 7) is 1.86. The number of carbonyl (C=O) groups excluding carboxylic acids is 1. The number of nitrogens with one attached hydrogen (secondary N) is 1. The molecule has 4 nitrogen and oxygen atoms in total. The SMILES string of the molecule is C[C@@H](Sc1ncccn1)C(=O)NC(c1ccccc1)c1ccccc1. The quantitative estimate of drug-likeness (QED) is 0.542. The molecule has 0 radical (unpaired) electrons. The van der Waals surface area contributed by atoms with Crippen molar-refractivity contribution in [2.24, 2.45) is 0 Å². The van der Waals surface area contributed by atoms with Crippen LogP contribution in [0.25, 0.3) is 0 Å². The molecule has 0 spiro atoms. The number of thioether (sulfide) groups is 1. The molecule has 0 aliphatic carbocycles. The second-order valence-corrected chi connectivity index (χ2v) is 6.86. The minimum absolute atomic E-state index is 0.0461. The maximum Gasteiger partial charge on any atom is 0.234 e. The predicted molar refractivity (Wildman–Crippen MR) is 100 cm³/mol. The van der Waals surface area contributed by atoms with Crippen molar-refractivity contribution in [3.63, 3.8) is 0 Å². The summed E-state index contributed by atoms with van der Waals surface area (Å²) < 4.78 is 0. The maximum absolute atomic E-state index is 12.7. The van der Waals surface area contributed by atoms with Crippen LogP contribution < -0.4 is 5.32 Å². The summed E-state index contributed by atoms with van der Waals surface area (Å²) in [6, 6.07) is 21.5. The van der Waals surface area contributed by atoms with E-state index in [1.54, 1.807) is 18.5 Å². The third-order valence-electron chi connectivity index (χ3n) is 3.75. The standard InChI is InChI=1S/C20H19N3OS/c1-15(25-20-21-13-8-14-22-20)19(24)23-18(16-9-4-2-5-10-16)17-11-6-3-7-12-17/h2-15,18H,1H3,(H,23,24)/t15-/m1/s1. The van der Waals surface area contributed by atoms with Crippen molar-refractivity contribution in [2.45, 2.75) is 23.4 Å². The van der Waals surface area contributed by atoms with Gasteiger partial charge in [0.1, 0.15) is 0 Å². The first-order valence-corrected chi connectivity index (χ1v) is 8.96. The Kier molecular flexibility index (Phi) is 5.80. The lowest BCUT2D eigenvalue weighted by Crippen LogP contribution is -2.35. The first-order chi connectivity index (χ1) is 12.2. The van der Waals surface area contributed by atoms with E-state index in [1.807, 2.05) is 67.6 Å². The fraction of sp³-hybridized carbons (Fsp3) is 0.150. The zero-order valence-corrected chi connectivity index (χ0v) is 14.7. The van der Waals surface area contributed by atoms with E-state index in [4.69, 9.17) is 0 Å². The summed E-state index contributed by atoms with van der Waals surface area (Å²) in [5.74, 6) is -0.0461. The van der Waals surface area contributed by atoms with E-state index in [0.29, 0.717) is 5.16 Å². The number of aromatic nitrogens is 2. The van der Waals surface area contributed by atoms with Crippen molar-refractivity contribution in [2.75, 3.05) is 0 Å². The Morgan fingerprint density at radius 3 is 1.92 bits per heavy atom. The van der Waals surface area contributed by atoms with Crippen LogP contribution in [0.1, 0.15) is 24.1 Å². The highest BCUT2D eigenvalue weighted by atomic mass is 32.2. The predicted octanol–water partition coefficient (Wildman–Crippen LogP) is 3.86. The highest BCUT2D eigenvalue weighted by molar-refractivity contribution is 8.00. The second kappa shape index (κ2) is 8.44. The molecular formula is C20H19N3OS. The van der Waals surface area contributed by atoms with Gasteiger partial charge in [-0.25, -0.2) is 9.97 Å². The average Bonchev–Trinajstić information content (AvgIpc) is 2.68. The Balaban J connectivity index is 1.77. The normalized spacial score (nSPS) is 11.9. The van der Waals surface area contributed by atoms with Crippen LogP contribution in [0, 0.1) is 0 Å². The molecule has 0 aliphatic rings. The third kappa shape index (κ3) is 4.67. The van der Waals surface area contributed by atoms with Gasteiger partial charge in [0.15, 0.2) is 5.16 Å². The van der Waals surface area contributed by atoms with Crippen LogP contribution in [0.4, 0.5) is 0 Å². The van der Waals surface area contributed by atoms with Crippen LogP contribution in [-0.2, 0) is 4.79 Å². The van der Waals surface area contributed by atoms with E-state index in [1.165, 1.54) is 11.8 Å². The zero-order chi connectivity index (χ0) is 17.5. The van der Waals surface area contributed by atoms with E-state index in [-0.39, 0.29) is 17.2 Å². The highest BCUT2D eigenvalue weighted by Gasteiger charge is 2.21. The number of nitrogens with zero attached hydrogens (tertiary/aromatic N) is 2. The molecule has 0 bridgehead atoms. The van der Waals surface area contributed by atoms with Crippen molar-refractivity contribution in [1.82, 2.24) is 15.3 Å². The minimum Gasteiger partial charge on any atom is -0.344 e. The summed E-state index contributed by atoms with van der Waals surface area (Å²) in [4.78, 5) is 21.1. The largest absolute Gasteiger partial charge is 0.344 e. The molecule has 5 heteroatoms. The highest BCUT2D eigenvalue weighted by Crippen LogP contribution is 2.24. The monoisotopic (exact) mass is 349 g/mol. The van der Waals surface area contributed by atoms with Gasteiger partial charge in [-0.3, -0.25) is 4.79 Å². The molecule has 1 heterocycles. The lowest BCUT2D eigenvalue weighted by molar-refractivity contribution is -0.120. The van der Waals surface area contributed by atoms with Crippen molar-refractivity contribution in [3.05, 3.63) is 90.3 Å². The molecule has 25 heavy (non-hydrogen) atoms. The second-order valence-electron chi connectivity index (χ2n) is 5.55. The Morgan fingerprint density at radius 1 is 0.880 bits per heavy atom. The van der Waals surface area contributed by atoms with Gasteiger partial charge in [-0.15, -0.1) is 0 Å². The molecule has 1 amide bonds. The van der Waals surface area contributed by atoms with E-state index >= 15 is 0 Å². The Hall–Kier alpha value is -2.66. The van der Waals surface area contributed by atoms with Gasteiger partial charge >= 0.3 is 0 Å². The molecule has 0 fully saturated rings. The summed E-state index contributed by atoms with van der Waals surface area (Å²) in [5, 5.41) is 3.46. The third-order valence-corrected chi connectivity index (χ3v) is 4.74. The average molecular weight is 349 g/mol. The Bertz CT molecular complexity index is 757. The number of carbonyl (C=O) groups is 1. The molecule has 3 aromatic rings. The topological polar surface area (TPSA) is 54.9 Å². The van der Waals surface area contributed by atoms with Gasteiger partial charge in [-0.05, 0) is 24.1 Å². The van der Waals surface area contributed by atoms with Gasteiger partial charge in [0.25, 0.3) is 0 Å². The zero-order valence-electron chi connectivity index (χ0n) is 13.9. The Morgan fingerprint density at radius 2 is 1.40 bits per heavy atom. The van der Waals surface area contributed by atoms with Gasteiger partial charge in [-0.1, -0.05) is 72.4 Å². The number of rotatable bonds is 6. The van der Waals surface area contributed by atoms with Crippen molar-refractivity contribution < 1.29 is 4.79 Å². The molecule has 0 aliphatic heterocycles. The number of hydrogen-bond acceptors (Lipinski definition) is 4. The van der Waals surface area contributed by atoms with Gasteiger partial charge in [0.2, 0.25) is 5.91 Å². The number of amides is 1. The Labute approximate surface area is 151 Å². The van der Waals surface area contributed by atoms with Gasteiger partial charge in [0, 0.05) is 12.4 Å². The van der Waals surface area contributed by atoms with E-state index in [9.17, 15) is 4.79 Å². The molecule has 1 N–H and O–H groups in total. The van der Waals surface area contributed by atoms with Crippen LogP contribution >= 0.6 is 11.8 Å². The van der Waals surface area contributed by atoms with Crippen LogP contribution in [0.2, 0.25) is 0 Å². The van der Waals surface area contributed by atoms with Crippen LogP contribution in [0.15, 0.2) is 84.3 Å². The first-order valence-electron chi connectivity index (χ1n) is 8.08. The molecular weight excluding hydrogens is 330 g/mol. The fourth-order valence-electron chi connectivity index (χ4n) is 2.47. The van der Waals surface area contributed by atoms with E-state index in [2.05, 4.69) is 15.3 Å². The lowest BCUT2D eigenvalue weighted by atomic mass is 9.98. The van der Waals surface area contributed by atoms with Gasteiger partial charge in [-0.2, -0.15) is 0 Å². The summed E-state index contributed by atoms with van der Waals surface area (Å²) in [5.41, 5.74) is 2.10. The molecule has 0 unspecified atom stereocenters. The molecule has 1 atom stereocenters. The molecule has 2 aromatic carbocycles. The smallest absolute Gasteiger partial charge is 0.234 e. The van der Waals surface area contributed by atoms with Crippen LogP contribution in [0.5, 0.6) is 0 Å². The van der Waals surface area contributed by atoms with Crippen molar-refractivity contribution >= 4 is 17.7 Å². The number of hydrogen-bond donors (Lipinski definition) is 1. The fourth-order valence-corrected chi connectivity index (χ4v) is 3.20. The van der Waals surface area contributed by atoms with Crippen LogP contribution in [0.3, 0.4) is 0 Å². The minimum atomic E-state index is -0.294. The van der Waals surface area contributed by atoms with E-state index in [0.717, 1.165) is 11.1 Å². The van der Waals surface area contributed by atoms with Gasteiger partial charge < -0.3 is 5.32 Å². The van der Waals surface area contributed by atoms with Crippen molar-refractivity contribution in [3.8, 4) is 0 Å². The van der Waals surface area contributed by atoms with Crippen LogP contribution in [-0.4, -0.2) is 21.1 Å². The molecule has 0 saturated carbocycles. The van der Waals surface area contributed by atoms with E-state index < -0.39 is 0 Å². The molecule has 0 saturated heterocycles. The van der Waals surface area contributed by atoms with Gasteiger partial charge in [0.05, 0.1) is 11.3 Å². The first kappa shape index (κ1) is 17.2. The molecule has 1 aromatic heterocycles. The summed E-state index contributed by atoms with van der Waals surface area (Å²) in [6.07, 6.45) is 3.35. The summed E-state index contributed by atoms with van der Waals surface area (Å²) >= 11 is 1.35. The molecule has 3 rings (SSSR count). The maximum atomic E-state index is 12.7. The molecule has 126 valence electrons. The number of benzene rings is 2. The summed E-state index contributed by atoms with van der Waals surface area (Å²) in [7, 11) is 0. The van der Waals surface area contributed by atoms with Crippen molar-refractivity contribution in [1.29, 1.82) is 0 Å².